The van der Waals surface area contributed by atoms with Crippen LogP contribution in [0.2, 0.25) is 0 Å². The molecule has 4 heteroatoms. The average molecular weight is 206 g/mol. The highest BCUT2D eigenvalue weighted by Crippen LogP contribution is 2.25. The van der Waals surface area contributed by atoms with Crippen molar-refractivity contribution in [3.63, 3.8) is 0 Å². The number of aromatic nitrogens is 1. The number of fused-ring (bicyclic) bond motifs is 1. The van der Waals surface area contributed by atoms with Crippen LogP contribution >= 0.6 is 0 Å². The van der Waals surface area contributed by atoms with Gasteiger partial charge in [-0.2, -0.15) is 5.26 Å². The number of nitriles is 1. The Balaban J connectivity index is 2.97. The van der Waals surface area contributed by atoms with Crippen molar-refractivity contribution in [3.8, 4) is 6.07 Å². The van der Waals surface area contributed by atoms with Crippen molar-refractivity contribution in [2.24, 2.45) is 7.05 Å². The number of hydrogen-bond donors (Lipinski definition) is 0. The van der Waals surface area contributed by atoms with E-state index in [1.807, 2.05) is 6.07 Å². The van der Waals surface area contributed by atoms with Gasteiger partial charge >= 0.3 is 0 Å². The van der Waals surface area contributed by atoms with Gasteiger partial charge < -0.3 is 4.57 Å². The maximum atomic E-state index is 13.2. The Hall–Kier alpha value is -1.89. The van der Waals surface area contributed by atoms with Gasteiger partial charge in [-0.25, -0.2) is 8.78 Å². The summed E-state index contributed by atoms with van der Waals surface area (Å²) in [4.78, 5) is 0. The van der Waals surface area contributed by atoms with Gasteiger partial charge in [0, 0.05) is 18.5 Å². The second-order valence-corrected chi connectivity index (χ2v) is 3.43. The summed E-state index contributed by atoms with van der Waals surface area (Å²) < 4.78 is 27.9. The largest absolute Gasteiger partial charge is 0.335 e. The molecular weight excluding hydrogens is 198 g/mol. The minimum Gasteiger partial charge on any atom is -0.335 e. The molecule has 0 amide bonds. The summed E-state index contributed by atoms with van der Waals surface area (Å²) in [5, 5.41) is 9.37. The molecule has 2 aromatic rings. The molecule has 0 aliphatic rings. The second-order valence-electron chi connectivity index (χ2n) is 3.43. The van der Waals surface area contributed by atoms with Crippen molar-refractivity contribution in [1.82, 2.24) is 4.57 Å². The fourth-order valence-corrected chi connectivity index (χ4v) is 1.68. The normalized spacial score (nSPS) is 10.6. The summed E-state index contributed by atoms with van der Waals surface area (Å²) >= 11 is 0. The topological polar surface area (TPSA) is 28.7 Å². The molecule has 0 radical (unpaired) electrons. The Morgan fingerprint density at radius 3 is 2.60 bits per heavy atom. The quantitative estimate of drug-likeness (QED) is 0.651. The zero-order valence-corrected chi connectivity index (χ0v) is 8.31. The van der Waals surface area contributed by atoms with Gasteiger partial charge in [0.25, 0.3) is 0 Å². The average Bonchev–Trinajstić information content (AvgIpc) is 2.53. The Bertz CT molecular complexity index is 591. The fraction of sp³-hybridized carbons (Fsp3) is 0.182. The molecule has 1 aromatic carbocycles. The molecule has 76 valence electrons. The van der Waals surface area contributed by atoms with Crippen LogP contribution in [0.3, 0.4) is 0 Å². The van der Waals surface area contributed by atoms with E-state index in [-0.39, 0.29) is 5.56 Å². The highest BCUT2D eigenvalue weighted by atomic mass is 19.2. The van der Waals surface area contributed by atoms with E-state index in [1.54, 1.807) is 17.7 Å². The van der Waals surface area contributed by atoms with Crippen LogP contribution in [-0.4, -0.2) is 4.57 Å². The third-order valence-electron chi connectivity index (χ3n) is 2.60. The molecule has 1 heterocycles. The first kappa shape index (κ1) is 9.66. The lowest BCUT2D eigenvalue weighted by Crippen LogP contribution is -1.94. The molecule has 0 fully saturated rings. The molecule has 1 aromatic heterocycles. The van der Waals surface area contributed by atoms with Gasteiger partial charge in [0.2, 0.25) is 0 Å². The predicted octanol–water partition coefficient (Wildman–Crippen LogP) is 2.64. The van der Waals surface area contributed by atoms with Crippen LogP contribution in [0, 0.1) is 29.9 Å². The molecule has 0 atom stereocenters. The van der Waals surface area contributed by atoms with Crippen molar-refractivity contribution in [1.29, 1.82) is 5.26 Å². The molecule has 0 spiro atoms. The van der Waals surface area contributed by atoms with Gasteiger partial charge in [0.15, 0.2) is 11.6 Å². The highest BCUT2D eigenvalue weighted by Gasteiger charge is 2.14. The van der Waals surface area contributed by atoms with E-state index < -0.39 is 11.6 Å². The van der Waals surface area contributed by atoms with Gasteiger partial charge in [0.1, 0.15) is 11.8 Å². The number of nitrogens with zero attached hydrogens (tertiary/aromatic N) is 2. The number of halogens is 2. The lowest BCUT2D eigenvalue weighted by molar-refractivity contribution is 0.505. The molecule has 0 N–H and O–H groups in total. The van der Waals surface area contributed by atoms with Crippen LogP contribution in [0.25, 0.3) is 10.9 Å². The van der Waals surface area contributed by atoms with Gasteiger partial charge in [-0.05, 0) is 18.6 Å². The molecule has 0 aliphatic carbocycles. The first-order valence-corrected chi connectivity index (χ1v) is 4.40. The van der Waals surface area contributed by atoms with Gasteiger partial charge in [-0.1, -0.05) is 0 Å². The SMILES string of the molecule is Cc1c(F)c(F)cc2c1cc(C#N)n2C. The molecule has 2 rings (SSSR count). The van der Waals surface area contributed by atoms with E-state index in [1.165, 1.54) is 6.92 Å². The van der Waals surface area contributed by atoms with Gasteiger partial charge in [-0.3, -0.25) is 0 Å². The van der Waals surface area contributed by atoms with Crippen molar-refractivity contribution in [2.75, 3.05) is 0 Å². The molecule has 0 saturated heterocycles. The van der Waals surface area contributed by atoms with E-state index in [0.717, 1.165) is 6.07 Å². The summed E-state index contributed by atoms with van der Waals surface area (Å²) in [6.45, 7) is 1.50. The summed E-state index contributed by atoms with van der Waals surface area (Å²) in [5.41, 5.74) is 1.16. The van der Waals surface area contributed by atoms with Crippen molar-refractivity contribution < 1.29 is 8.78 Å². The Kier molecular flexibility index (Phi) is 1.97. The first-order valence-electron chi connectivity index (χ1n) is 4.40. The summed E-state index contributed by atoms with van der Waals surface area (Å²) in [7, 11) is 1.65. The molecular formula is C11H8F2N2. The molecule has 0 bridgehead atoms. The Labute approximate surface area is 85.4 Å². The smallest absolute Gasteiger partial charge is 0.162 e. The van der Waals surface area contributed by atoms with Crippen LogP contribution in [-0.2, 0) is 7.05 Å². The molecule has 2 nitrogen and oxygen atoms in total. The molecule has 0 aliphatic heterocycles. The lowest BCUT2D eigenvalue weighted by atomic mass is 10.1. The Morgan fingerprint density at radius 2 is 2.00 bits per heavy atom. The van der Waals surface area contributed by atoms with E-state index in [0.29, 0.717) is 16.6 Å². The minimum atomic E-state index is -0.884. The lowest BCUT2D eigenvalue weighted by Gasteiger charge is -2.02. The maximum Gasteiger partial charge on any atom is 0.162 e. The van der Waals surface area contributed by atoms with Gasteiger partial charge in [0.05, 0.1) is 5.52 Å². The second kappa shape index (κ2) is 3.06. The highest BCUT2D eigenvalue weighted by molar-refractivity contribution is 5.85. The van der Waals surface area contributed by atoms with Crippen molar-refractivity contribution in [2.45, 2.75) is 6.92 Å². The summed E-state index contributed by atoms with van der Waals surface area (Å²) in [6.07, 6.45) is 0. The van der Waals surface area contributed by atoms with E-state index in [4.69, 9.17) is 5.26 Å². The van der Waals surface area contributed by atoms with E-state index in [2.05, 4.69) is 0 Å². The number of rotatable bonds is 0. The third-order valence-corrected chi connectivity index (χ3v) is 2.60. The summed E-state index contributed by atoms with van der Waals surface area (Å²) in [5.74, 6) is -1.73. The van der Waals surface area contributed by atoms with Crippen LogP contribution < -0.4 is 0 Å². The Morgan fingerprint density at radius 1 is 1.33 bits per heavy atom. The summed E-state index contributed by atoms with van der Waals surface area (Å²) in [6, 6.07) is 4.64. The maximum absolute atomic E-state index is 13.2. The van der Waals surface area contributed by atoms with E-state index in [9.17, 15) is 8.78 Å². The van der Waals surface area contributed by atoms with Crippen LogP contribution in [0.4, 0.5) is 8.78 Å². The molecule has 15 heavy (non-hydrogen) atoms. The minimum absolute atomic E-state index is 0.238. The van der Waals surface area contributed by atoms with Crippen LogP contribution in [0.15, 0.2) is 12.1 Å². The molecule has 0 saturated carbocycles. The van der Waals surface area contributed by atoms with E-state index >= 15 is 0 Å². The van der Waals surface area contributed by atoms with Gasteiger partial charge in [-0.15, -0.1) is 0 Å². The number of benzene rings is 1. The van der Waals surface area contributed by atoms with Crippen molar-refractivity contribution >= 4 is 10.9 Å². The van der Waals surface area contributed by atoms with Crippen LogP contribution in [0.5, 0.6) is 0 Å². The monoisotopic (exact) mass is 206 g/mol. The number of aryl methyl sites for hydroxylation is 2. The number of hydrogen-bond acceptors (Lipinski definition) is 1. The first-order chi connectivity index (χ1) is 7.06. The predicted molar refractivity (Wildman–Crippen MR) is 52.3 cm³/mol. The van der Waals surface area contributed by atoms with Crippen LogP contribution in [0.1, 0.15) is 11.3 Å². The third kappa shape index (κ3) is 1.20. The zero-order chi connectivity index (χ0) is 11.2. The zero-order valence-electron chi connectivity index (χ0n) is 8.31. The standard InChI is InChI=1S/C11H8F2N2/c1-6-8-3-7(5-14)15(2)10(8)4-9(12)11(6)13/h3-4H,1-2H3. The fourth-order valence-electron chi connectivity index (χ4n) is 1.68. The molecule has 0 unspecified atom stereocenters. The van der Waals surface area contributed by atoms with Crippen molar-refractivity contribution in [3.05, 3.63) is 35.0 Å².